The molecule has 6 nitrogen and oxygen atoms in total. The maximum Gasteiger partial charge on any atom is 0.336 e. The van der Waals surface area contributed by atoms with Crippen LogP contribution in [0.1, 0.15) is 56.6 Å². The van der Waals surface area contributed by atoms with Gasteiger partial charge in [-0.05, 0) is 67.3 Å². The molecule has 0 amide bonds. The molecule has 3 atom stereocenters. The normalized spacial score (nSPS) is 21.4. The molecule has 1 aliphatic carbocycles. The number of hydrogen-bond acceptors (Lipinski definition) is 7. The minimum atomic E-state index is -0.584. The summed E-state index contributed by atoms with van der Waals surface area (Å²) in [5.41, 5.74) is 3.47. The topological polar surface area (TPSA) is 85.2 Å². The zero-order chi connectivity index (χ0) is 26.5. The van der Waals surface area contributed by atoms with Crippen molar-refractivity contribution < 1.29 is 24.2 Å². The molecule has 1 fully saturated rings. The number of nitrogens with zero attached hydrogens (tertiary/aromatic N) is 1. The summed E-state index contributed by atoms with van der Waals surface area (Å²) in [6.07, 6.45) is 0.949. The molecule has 0 saturated heterocycles. The Kier molecular flexibility index (Phi) is 8.98. The number of carbonyl (C=O) groups excluding carboxylic acids is 2. The van der Waals surface area contributed by atoms with Gasteiger partial charge in [0.15, 0.2) is 11.5 Å². The molecule has 2 aliphatic rings. The number of phenolic OH excluding ortho intramolecular Hbond substituents is 1. The van der Waals surface area contributed by atoms with Crippen molar-refractivity contribution in [2.45, 2.75) is 45.4 Å². The predicted octanol–water partition coefficient (Wildman–Crippen LogP) is 6.32. The summed E-state index contributed by atoms with van der Waals surface area (Å²) < 4.78 is 11.3. The lowest BCUT2D eigenvalue weighted by atomic mass is 9.66. The molecule has 1 heterocycles. The van der Waals surface area contributed by atoms with Crippen LogP contribution in [0.4, 0.5) is 0 Å². The number of halogens is 1. The third-order valence-corrected chi connectivity index (χ3v) is 7.94. The summed E-state index contributed by atoms with van der Waals surface area (Å²) in [6, 6.07) is 12.6. The van der Waals surface area contributed by atoms with Gasteiger partial charge in [0.05, 0.1) is 18.1 Å². The maximum atomic E-state index is 13.7. The molecule has 1 saturated carbocycles. The minimum Gasteiger partial charge on any atom is -0.504 e. The van der Waals surface area contributed by atoms with Crippen LogP contribution in [0.5, 0.6) is 11.5 Å². The Hall–Kier alpha value is -2.77. The molecule has 1 aliphatic heterocycles. The number of ether oxygens (including phenoxy) is 2. The summed E-state index contributed by atoms with van der Waals surface area (Å²) in [4.78, 5) is 31.9. The molecule has 2 aromatic rings. The van der Waals surface area contributed by atoms with Crippen LogP contribution >= 0.6 is 23.4 Å². The maximum absolute atomic E-state index is 13.7. The average molecular weight is 542 g/mol. The predicted molar refractivity (Wildman–Crippen MR) is 148 cm³/mol. The zero-order valence-corrected chi connectivity index (χ0v) is 22.9. The number of ketones is 1. The van der Waals surface area contributed by atoms with Crippen LogP contribution in [-0.4, -0.2) is 47.3 Å². The quantitative estimate of drug-likeness (QED) is 0.295. The lowest BCUT2D eigenvalue weighted by Crippen LogP contribution is -2.41. The molecule has 37 heavy (non-hydrogen) atoms. The smallest absolute Gasteiger partial charge is 0.336 e. The van der Waals surface area contributed by atoms with Crippen molar-refractivity contribution in [3.05, 3.63) is 69.9 Å². The molecule has 2 aromatic carbocycles. The van der Waals surface area contributed by atoms with E-state index in [1.165, 1.54) is 0 Å². The highest BCUT2D eigenvalue weighted by Crippen LogP contribution is 2.47. The first kappa shape index (κ1) is 27.3. The van der Waals surface area contributed by atoms with Gasteiger partial charge < -0.3 is 14.6 Å². The molecule has 8 heteroatoms. The van der Waals surface area contributed by atoms with Crippen LogP contribution < -0.4 is 4.74 Å². The molecule has 1 unspecified atom stereocenters. The van der Waals surface area contributed by atoms with Crippen molar-refractivity contribution in [2.75, 3.05) is 24.7 Å². The van der Waals surface area contributed by atoms with Crippen molar-refractivity contribution in [1.82, 2.24) is 0 Å². The Morgan fingerprint density at radius 3 is 2.54 bits per heavy atom. The first-order valence-corrected chi connectivity index (χ1v) is 14.1. The highest BCUT2D eigenvalue weighted by Gasteiger charge is 2.46. The fourth-order valence-electron chi connectivity index (χ4n) is 5.18. The van der Waals surface area contributed by atoms with Gasteiger partial charge in [-0.15, -0.1) is 0 Å². The Bertz CT molecular complexity index is 1220. The number of rotatable bonds is 9. The molecule has 196 valence electrons. The second kappa shape index (κ2) is 12.2. The second-order valence-electron chi connectivity index (χ2n) is 9.17. The van der Waals surface area contributed by atoms with Crippen LogP contribution in [0.3, 0.4) is 0 Å². The first-order valence-electron chi connectivity index (χ1n) is 12.6. The van der Waals surface area contributed by atoms with Crippen molar-refractivity contribution >= 4 is 40.8 Å². The molecular formula is C29H32ClNO5S. The van der Waals surface area contributed by atoms with Gasteiger partial charge >= 0.3 is 5.97 Å². The number of benzene rings is 2. The van der Waals surface area contributed by atoms with E-state index in [1.54, 1.807) is 36.9 Å². The molecule has 1 N–H and O–H groups in total. The van der Waals surface area contributed by atoms with E-state index in [2.05, 4.69) is 6.92 Å². The van der Waals surface area contributed by atoms with Gasteiger partial charge in [0.1, 0.15) is 12.4 Å². The van der Waals surface area contributed by atoms with Gasteiger partial charge in [-0.2, -0.15) is 11.8 Å². The molecule has 4 rings (SSSR count). The number of fused-ring (bicyclic) bond motifs is 1. The molecule has 0 spiro atoms. The summed E-state index contributed by atoms with van der Waals surface area (Å²) in [7, 11) is 0. The highest BCUT2D eigenvalue weighted by atomic mass is 35.5. The van der Waals surface area contributed by atoms with Gasteiger partial charge in [0, 0.05) is 34.5 Å². The third kappa shape index (κ3) is 6.04. The van der Waals surface area contributed by atoms with Gasteiger partial charge in [0.25, 0.3) is 0 Å². The van der Waals surface area contributed by atoms with Gasteiger partial charge in [-0.3, -0.25) is 9.79 Å². The van der Waals surface area contributed by atoms with Crippen molar-refractivity contribution in [1.29, 1.82) is 0 Å². The Balaban J connectivity index is 1.74. The number of thioether (sulfide) groups is 1. The first-order chi connectivity index (χ1) is 17.8. The summed E-state index contributed by atoms with van der Waals surface area (Å²) in [6.45, 7) is 6.35. The molecular weight excluding hydrogens is 510 g/mol. The highest BCUT2D eigenvalue weighted by molar-refractivity contribution is 7.99. The number of hydrogen-bond donors (Lipinski definition) is 1. The number of allylic oxidation sites excluding steroid dienone is 1. The number of esters is 1. The van der Waals surface area contributed by atoms with E-state index in [-0.39, 0.29) is 24.1 Å². The summed E-state index contributed by atoms with van der Waals surface area (Å²) in [5, 5.41) is 10.9. The van der Waals surface area contributed by atoms with E-state index in [0.717, 1.165) is 17.0 Å². The SMILES string of the molecule is CCOc1cc([C@H]2C(C(=O)OCCSCC)=C(C)N=C3C[C@@H](c4ccc(Cl)cc4)CC(=O)C32)ccc1O. The minimum absolute atomic E-state index is 0.00779. The van der Waals surface area contributed by atoms with E-state index in [4.69, 9.17) is 26.1 Å². The van der Waals surface area contributed by atoms with Crippen molar-refractivity contribution in [2.24, 2.45) is 10.9 Å². The molecule has 0 bridgehead atoms. The third-order valence-electron chi connectivity index (χ3n) is 6.82. The second-order valence-corrected chi connectivity index (χ2v) is 11.0. The van der Waals surface area contributed by atoms with Crippen LogP contribution in [0.15, 0.2) is 58.7 Å². The van der Waals surface area contributed by atoms with Crippen molar-refractivity contribution in [3.8, 4) is 11.5 Å². The lowest BCUT2D eigenvalue weighted by Gasteiger charge is -2.38. The van der Waals surface area contributed by atoms with Crippen LogP contribution in [0.25, 0.3) is 0 Å². The van der Waals surface area contributed by atoms with Crippen LogP contribution in [0, 0.1) is 5.92 Å². The fraction of sp³-hybridized carbons (Fsp3) is 0.414. The van der Waals surface area contributed by atoms with E-state index in [1.807, 2.05) is 31.2 Å². The van der Waals surface area contributed by atoms with E-state index < -0.39 is 17.8 Å². The van der Waals surface area contributed by atoms with Crippen LogP contribution in [0.2, 0.25) is 5.02 Å². The molecule has 0 aromatic heterocycles. The number of Topliss-reactive ketones (excluding diaryl/α,β-unsaturated/α-hetero) is 1. The zero-order valence-electron chi connectivity index (χ0n) is 21.3. The number of phenols is 1. The van der Waals surface area contributed by atoms with E-state index in [0.29, 0.717) is 52.8 Å². The largest absolute Gasteiger partial charge is 0.504 e. The molecule has 0 radical (unpaired) electrons. The summed E-state index contributed by atoms with van der Waals surface area (Å²) in [5.74, 6) is 0.371. The monoisotopic (exact) mass is 541 g/mol. The van der Waals surface area contributed by atoms with Gasteiger partial charge in [-0.1, -0.05) is 36.7 Å². The number of carbonyl (C=O) groups is 2. The number of aliphatic imine (C=N–C) groups is 1. The average Bonchev–Trinajstić information content (AvgIpc) is 2.87. The van der Waals surface area contributed by atoms with Gasteiger partial charge in [-0.25, -0.2) is 4.79 Å². The summed E-state index contributed by atoms with van der Waals surface area (Å²) >= 11 is 7.77. The van der Waals surface area contributed by atoms with E-state index in [9.17, 15) is 14.7 Å². The number of aromatic hydroxyl groups is 1. The van der Waals surface area contributed by atoms with Crippen LogP contribution in [-0.2, 0) is 14.3 Å². The van der Waals surface area contributed by atoms with Gasteiger partial charge in [0.2, 0.25) is 0 Å². The van der Waals surface area contributed by atoms with Crippen molar-refractivity contribution in [3.63, 3.8) is 0 Å². The Labute approximate surface area is 227 Å². The fourth-order valence-corrected chi connectivity index (χ4v) is 5.80. The lowest BCUT2D eigenvalue weighted by molar-refractivity contribution is -0.139. The standard InChI is InChI=1S/C29H32ClNO5S/c1-4-35-25-16-19(8-11-23(25)32)27-26(29(34)36-12-13-37-5-2)17(3)31-22-14-20(15-24(33)28(22)27)18-6-9-21(30)10-7-18/h6-11,16,20,27-28,32H,4-5,12-15H2,1-3H3/t20-,27+,28?/m1/s1. The van der Waals surface area contributed by atoms with E-state index >= 15 is 0 Å². The Morgan fingerprint density at radius 2 is 1.84 bits per heavy atom. The Morgan fingerprint density at radius 1 is 1.11 bits per heavy atom.